The van der Waals surface area contributed by atoms with Gasteiger partial charge in [-0.05, 0) is 48.9 Å². The molecule has 0 heterocycles. The Balaban J connectivity index is 2.18. The van der Waals surface area contributed by atoms with Crippen LogP contribution in [0.15, 0.2) is 48.5 Å². The van der Waals surface area contributed by atoms with Crippen LogP contribution in [0.2, 0.25) is 0 Å². The van der Waals surface area contributed by atoms with E-state index >= 15 is 0 Å². The van der Waals surface area contributed by atoms with Gasteiger partial charge in [-0.25, -0.2) is 0 Å². The van der Waals surface area contributed by atoms with E-state index in [9.17, 15) is 9.90 Å². The van der Waals surface area contributed by atoms with Crippen LogP contribution in [0.3, 0.4) is 0 Å². The van der Waals surface area contributed by atoms with Crippen LogP contribution in [-0.2, 0) is 4.79 Å². The quantitative estimate of drug-likeness (QED) is 0.655. The zero-order chi connectivity index (χ0) is 16.8. The van der Waals surface area contributed by atoms with Crippen LogP contribution >= 0.6 is 0 Å². The summed E-state index contributed by atoms with van der Waals surface area (Å²) in [5.41, 5.74) is 2.19. The van der Waals surface area contributed by atoms with E-state index in [0.717, 1.165) is 11.1 Å². The Kier molecular flexibility index (Phi) is 5.25. The van der Waals surface area contributed by atoms with Gasteiger partial charge in [0.25, 0.3) is 0 Å². The third-order valence-electron chi connectivity index (χ3n) is 3.32. The van der Waals surface area contributed by atoms with Gasteiger partial charge in [-0.2, -0.15) is 0 Å². The summed E-state index contributed by atoms with van der Waals surface area (Å²) in [6.45, 7) is 1.83. The first kappa shape index (κ1) is 16.4. The molecule has 0 bridgehead atoms. The molecule has 0 saturated carbocycles. The number of ether oxygens (including phenoxy) is 2. The zero-order valence-corrected chi connectivity index (χ0v) is 13.3. The first-order chi connectivity index (χ1) is 11.0. The predicted octanol–water partition coefficient (Wildman–Crippen LogP) is 3.45. The van der Waals surface area contributed by atoms with Gasteiger partial charge in [0.1, 0.15) is 17.2 Å². The van der Waals surface area contributed by atoms with Crippen molar-refractivity contribution in [2.45, 2.75) is 6.92 Å². The molecule has 0 spiro atoms. The molecule has 0 aliphatic rings. The summed E-state index contributed by atoms with van der Waals surface area (Å²) >= 11 is 0. The Morgan fingerprint density at radius 1 is 1.09 bits per heavy atom. The van der Waals surface area contributed by atoms with E-state index in [1.165, 1.54) is 18.2 Å². The molecule has 2 N–H and O–H groups in total. The summed E-state index contributed by atoms with van der Waals surface area (Å²) < 4.78 is 10.5. The fraction of sp³-hybridized carbons (Fsp3) is 0.167. The van der Waals surface area contributed by atoms with Crippen LogP contribution in [0, 0.1) is 0 Å². The predicted molar refractivity (Wildman–Crippen MR) is 89.9 cm³/mol. The van der Waals surface area contributed by atoms with Gasteiger partial charge in [0.05, 0.1) is 14.2 Å². The van der Waals surface area contributed by atoms with Gasteiger partial charge in [-0.1, -0.05) is 0 Å². The lowest BCUT2D eigenvalue weighted by molar-refractivity contribution is -0.111. The number of phenolic OH excluding ortho intramolecular Hbond substituents is 1. The molecule has 0 aromatic heterocycles. The van der Waals surface area contributed by atoms with E-state index in [2.05, 4.69) is 5.32 Å². The Bertz CT molecular complexity index is 720. The minimum Gasteiger partial charge on any atom is -0.508 e. The molecule has 0 unspecified atom stereocenters. The Morgan fingerprint density at radius 3 is 2.39 bits per heavy atom. The summed E-state index contributed by atoms with van der Waals surface area (Å²) in [6.07, 6.45) is 1.50. The van der Waals surface area contributed by atoms with Gasteiger partial charge in [0.2, 0.25) is 5.91 Å². The van der Waals surface area contributed by atoms with E-state index in [-0.39, 0.29) is 11.7 Å². The highest BCUT2D eigenvalue weighted by atomic mass is 16.5. The molecule has 23 heavy (non-hydrogen) atoms. The first-order valence-electron chi connectivity index (χ1n) is 7.04. The number of aromatic hydroxyl groups is 1. The number of benzene rings is 2. The highest BCUT2D eigenvalue weighted by molar-refractivity contribution is 6.04. The molecule has 0 radical (unpaired) electrons. The molecule has 2 rings (SSSR count). The van der Waals surface area contributed by atoms with Crippen molar-refractivity contribution in [3.8, 4) is 17.2 Å². The van der Waals surface area contributed by atoms with Gasteiger partial charge in [-0.3, -0.25) is 4.79 Å². The van der Waals surface area contributed by atoms with Crippen LogP contribution in [0.25, 0.3) is 5.57 Å². The number of phenols is 1. The topological polar surface area (TPSA) is 67.8 Å². The third kappa shape index (κ3) is 4.26. The minimum absolute atomic E-state index is 0.151. The summed E-state index contributed by atoms with van der Waals surface area (Å²) in [4.78, 5) is 12.1. The van der Waals surface area contributed by atoms with Crippen molar-refractivity contribution in [3.63, 3.8) is 0 Å². The second-order valence-electron chi connectivity index (χ2n) is 4.93. The molecule has 0 aliphatic carbocycles. The molecule has 120 valence electrons. The van der Waals surface area contributed by atoms with E-state index in [1.54, 1.807) is 32.4 Å². The number of allylic oxidation sites excluding steroid dienone is 1. The lowest BCUT2D eigenvalue weighted by Gasteiger charge is -2.11. The number of rotatable bonds is 5. The highest BCUT2D eigenvalue weighted by Gasteiger charge is 2.08. The zero-order valence-electron chi connectivity index (χ0n) is 13.3. The van der Waals surface area contributed by atoms with Crippen molar-refractivity contribution < 1.29 is 19.4 Å². The maximum Gasteiger partial charge on any atom is 0.248 e. The number of carbonyl (C=O) groups excluding carboxylic acids is 1. The molecule has 1 amide bonds. The van der Waals surface area contributed by atoms with Crippen LogP contribution in [0.1, 0.15) is 12.5 Å². The molecule has 0 atom stereocenters. The van der Waals surface area contributed by atoms with Gasteiger partial charge < -0.3 is 19.9 Å². The SMILES string of the molecule is COc1ccc(/C(C)=C/C(=O)Nc2ccc(O)cc2)c(OC)c1. The van der Waals surface area contributed by atoms with Crippen molar-refractivity contribution in [2.24, 2.45) is 0 Å². The molecular weight excluding hydrogens is 294 g/mol. The van der Waals surface area contributed by atoms with Crippen LogP contribution < -0.4 is 14.8 Å². The van der Waals surface area contributed by atoms with E-state index < -0.39 is 0 Å². The van der Waals surface area contributed by atoms with Crippen molar-refractivity contribution in [1.29, 1.82) is 0 Å². The molecule has 0 saturated heterocycles. The molecule has 0 fully saturated rings. The summed E-state index contributed by atoms with van der Waals surface area (Å²) in [5, 5.41) is 12.0. The minimum atomic E-state index is -0.258. The number of amides is 1. The normalized spacial score (nSPS) is 11.0. The molecule has 2 aromatic carbocycles. The van der Waals surface area contributed by atoms with Crippen LogP contribution in [0.5, 0.6) is 17.2 Å². The summed E-state index contributed by atoms with van der Waals surface area (Å²) in [6, 6.07) is 11.7. The van der Waals surface area contributed by atoms with Crippen molar-refractivity contribution >= 4 is 17.2 Å². The maximum absolute atomic E-state index is 12.1. The lowest BCUT2D eigenvalue weighted by atomic mass is 10.1. The number of carbonyl (C=O) groups is 1. The molecular formula is C18H19NO4. The molecule has 5 nitrogen and oxygen atoms in total. The highest BCUT2D eigenvalue weighted by Crippen LogP contribution is 2.29. The molecule has 0 aliphatic heterocycles. The molecule has 5 heteroatoms. The van der Waals surface area contributed by atoms with Crippen LogP contribution in [-0.4, -0.2) is 25.2 Å². The van der Waals surface area contributed by atoms with Crippen molar-refractivity contribution in [3.05, 3.63) is 54.1 Å². The van der Waals surface area contributed by atoms with Gasteiger partial charge in [-0.15, -0.1) is 0 Å². The number of methoxy groups -OCH3 is 2. The monoisotopic (exact) mass is 313 g/mol. The Hall–Kier alpha value is -2.95. The second kappa shape index (κ2) is 7.35. The molecule has 2 aromatic rings. The van der Waals surface area contributed by atoms with Crippen molar-refractivity contribution in [2.75, 3.05) is 19.5 Å². The maximum atomic E-state index is 12.1. The van der Waals surface area contributed by atoms with Gasteiger partial charge in [0, 0.05) is 23.4 Å². The van der Waals surface area contributed by atoms with E-state index in [4.69, 9.17) is 9.47 Å². The second-order valence-corrected chi connectivity index (χ2v) is 4.93. The number of hydrogen-bond donors (Lipinski definition) is 2. The summed E-state index contributed by atoms with van der Waals surface area (Å²) in [7, 11) is 3.16. The van der Waals surface area contributed by atoms with Crippen LogP contribution in [0.4, 0.5) is 5.69 Å². The first-order valence-corrected chi connectivity index (χ1v) is 7.04. The number of anilines is 1. The third-order valence-corrected chi connectivity index (χ3v) is 3.32. The van der Waals surface area contributed by atoms with E-state index in [1.807, 2.05) is 19.1 Å². The lowest BCUT2D eigenvalue weighted by Crippen LogP contribution is -2.08. The van der Waals surface area contributed by atoms with Gasteiger partial charge >= 0.3 is 0 Å². The Morgan fingerprint density at radius 2 is 1.78 bits per heavy atom. The number of hydrogen-bond acceptors (Lipinski definition) is 4. The van der Waals surface area contributed by atoms with Crippen molar-refractivity contribution in [1.82, 2.24) is 0 Å². The van der Waals surface area contributed by atoms with E-state index in [0.29, 0.717) is 17.2 Å². The Labute approximate surface area is 135 Å². The fourth-order valence-electron chi connectivity index (χ4n) is 2.12. The fourth-order valence-corrected chi connectivity index (χ4v) is 2.12. The van der Waals surface area contributed by atoms with Gasteiger partial charge in [0.15, 0.2) is 0 Å². The largest absolute Gasteiger partial charge is 0.508 e. The smallest absolute Gasteiger partial charge is 0.248 e. The number of nitrogens with one attached hydrogen (secondary N) is 1. The standard InChI is InChI=1S/C18H19NO4/c1-12(16-9-8-15(22-2)11-17(16)23-3)10-18(21)19-13-4-6-14(20)7-5-13/h4-11,20H,1-3H3,(H,19,21)/b12-10+. The summed E-state index contributed by atoms with van der Waals surface area (Å²) in [5.74, 6) is 1.21. The average molecular weight is 313 g/mol. The average Bonchev–Trinajstić information content (AvgIpc) is 2.56.